The molecule has 0 spiro atoms. The summed E-state index contributed by atoms with van der Waals surface area (Å²) in [5, 5.41) is 14.6. The van der Waals surface area contributed by atoms with Gasteiger partial charge < -0.3 is 25.4 Å². The van der Waals surface area contributed by atoms with E-state index < -0.39 is 11.9 Å². The van der Waals surface area contributed by atoms with Crippen LogP contribution in [0.3, 0.4) is 0 Å². The summed E-state index contributed by atoms with van der Waals surface area (Å²) in [5.41, 5.74) is 0. The second kappa shape index (κ2) is 6.90. The van der Waals surface area contributed by atoms with Crippen LogP contribution in [0.4, 0.5) is 4.79 Å². The molecule has 0 radical (unpaired) electrons. The molecule has 2 fully saturated rings. The van der Waals surface area contributed by atoms with E-state index >= 15 is 0 Å². The van der Waals surface area contributed by atoms with Crippen molar-refractivity contribution >= 4 is 12.0 Å². The fourth-order valence-corrected chi connectivity index (χ4v) is 2.84. The molecular formula is C13H23N3O4. The van der Waals surface area contributed by atoms with E-state index in [1.165, 1.54) is 0 Å². The minimum Gasteiger partial charge on any atom is -0.481 e. The molecule has 0 aromatic carbocycles. The number of hydrogen-bond donors (Lipinski definition) is 3. The van der Waals surface area contributed by atoms with E-state index in [0.717, 1.165) is 25.9 Å². The first-order valence-electron chi connectivity index (χ1n) is 7.13. The Bertz CT molecular complexity index is 364. The van der Waals surface area contributed by atoms with Gasteiger partial charge in [0.25, 0.3) is 0 Å². The van der Waals surface area contributed by atoms with E-state index in [-0.39, 0.29) is 18.2 Å². The Morgan fingerprint density at radius 2 is 2.20 bits per heavy atom. The lowest BCUT2D eigenvalue weighted by Gasteiger charge is -2.30. The second-order valence-electron chi connectivity index (χ2n) is 5.59. The highest BCUT2D eigenvalue weighted by molar-refractivity contribution is 5.77. The normalized spacial score (nSPS) is 30.9. The molecule has 0 bridgehead atoms. The van der Waals surface area contributed by atoms with E-state index in [2.05, 4.69) is 15.5 Å². The van der Waals surface area contributed by atoms with Crippen LogP contribution < -0.4 is 10.6 Å². The molecule has 2 rings (SSSR count). The van der Waals surface area contributed by atoms with E-state index in [0.29, 0.717) is 19.6 Å². The zero-order valence-corrected chi connectivity index (χ0v) is 11.8. The molecule has 1 heterocycles. The van der Waals surface area contributed by atoms with Crippen LogP contribution in [0.1, 0.15) is 19.3 Å². The van der Waals surface area contributed by atoms with Gasteiger partial charge in [0, 0.05) is 25.7 Å². The number of nitrogens with zero attached hydrogens (tertiary/aromatic N) is 1. The van der Waals surface area contributed by atoms with Crippen molar-refractivity contribution in [1.29, 1.82) is 0 Å². The van der Waals surface area contributed by atoms with Crippen molar-refractivity contribution in [2.45, 2.75) is 31.4 Å². The summed E-state index contributed by atoms with van der Waals surface area (Å²) in [7, 11) is 2.02. The average Bonchev–Trinajstić information content (AvgIpc) is 2.85. The zero-order chi connectivity index (χ0) is 14.5. The third-order valence-electron chi connectivity index (χ3n) is 3.98. The highest BCUT2D eigenvalue weighted by Crippen LogP contribution is 2.25. The first kappa shape index (κ1) is 15.1. The SMILES string of the molecule is CN1CCOC(CNC(=O)NC2CCCC2C(=O)O)C1. The molecule has 0 aromatic heterocycles. The minimum atomic E-state index is -0.829. The molecule has 7 heteroatoms. The maximum absolute atomic E-state index is 11.8. The maximum atomic E-state index is 11.8. The average molecular weight is 285 g/mol. The number of nitrogens with one attached hydrogen (secondary N) is 2. The summed E-state index contributed by atoms with van der Waals surface area (Å²) in [6.45, 7) is 2.82. The number of hydrogen-bond acceptors (Lipinski definition) is 4. The summed E-state index contributed by atoms with van der Waals surface area (Å²) < 4.78 is 5.55. The Labute approximate surface area is 118 Å². The first-order valence-corrected chi connectivity index (χ1v) is 7.13. The number of carbonyl (C=O) groups excluding carboxylic acids is 1. The van der Waals surface area contributed by atoms with Crippen molar-refractivity contribution in [3.8, 4) is 0 Å². The molecule has 7 nitrogen and oxygen atoms in total. The highest BCUT2D eigenvalue weighted by atomic mass is 16.5. The summed E-state index contributed by atoms with van der Waals surface area (Å²) in [6.07, 6.45) is 2.21. The van der Waals surface area contributed by atoms with Gasteiger partial charge in [0.1, 0.15) is 0 Å². The predicted molar refractivity (Wildman–Crippen MR) is 72.5 cm³/mol. The van der Waals surface area contributed by atoms with Crippen molar-refractivity contribution < 1.29 is 19.4 Å². The van der Waals surface area contributed by atoms with Gasteiger partial charge in [-0.25, -0.2) is 4.79 Å². The number of likely N-dealkylation sites (N-methyl/N-ethyl adjacent to an activating group) is 1. The number of carboxylic acids is 1. The minimum absolute atomic E-state index is 0.00153. The number of carboxylic acid groups (broad SMARTS) is 1. The summed E-state index contributed by atoms with van der Waals surface area (Å²) in [4.78, 5) is 25.0. The lowest BCUT2D eigenvalue weighted by molar-refractivity contribution is -0.142. The molecule has 114 valence electrons. The summed E-state index contributed by atoms with van der Waals surface area (Å²) in [5.74, 6) is -1.29. The lowest BCUT2D eigenvalue weighted by Crippen LogP contribution is -2.50. The first-order chi connectivity index (χ1) is 9.56. The van der Waals surface area contributed by atoms with E-state index in [1.807, 2.05) is 7.05 Å². The van der Waals surface area contributed by atoms with Crippen molar-refractivity contribution in [2.75, 3.05) is 33.3 Å². The largest absolute Gasteiger partial charge is 0.481 e. The lowest BCUT2D eigenvalue weighted by atomic mass is 10.0. The number of rotatable bonds is 4. The van der Waals surface area contributed by atoms with Gasteiger partial charge >= 0.3 is 12.0 Å². The third-order valence-corrected chi connectivity index (χ3v) is 3.98. The van der Waals surface area contributed by atoms with Crippen molar-refractivity contribution in [3.63, 3.8) is 0 Å². The van der Waals surface area contributed by atoms with Gasteiger partial charge in [-0.2, -0.15) is 0 Å². The number of amides is 2. The van der Waals surface area contributed by atoms with Gasteiger partial charge in [-0.3, -0.25) is 4.79 Å². The standard InChI is InChI=1S/C13H23N3O4/c1-16-5-6-20-9(8-16)7-14-13(19)15-11-4-2-3-10(11)12(17)18/h9-11H,2-8H2,1H3,(H,17,18)(H2,14,15,19). The smallest absolute Gasteiger partial charge is 0.315 e. The fraction of sp³-hybridized carbons (Fsp3) is 0.846. The van der Waals surface area contributed by atoms with Crippen LogP contribution in [0.15, 0.2) is 0 Å². The van der Waals surface area contributed by atoms with Gasteiger partial charge in [0.15, 0.2) is 0 Å². The third kappa shape index (κ3) is 4.08. The number of morpholine rings is 1. The van der Waals surface area contributed by atoms with Crippen molar-refractivity contribution in [3.05, 3.63) is 0 Å². The fourth-order valence-electron chi connectivity index (χ4n) is 2.84. The molecule has 2 amide bonds. The van der Waals surface area contributed by atoms with E-state index in [9.17, 15) is 9.59 Å². The summed E-state index contributed by atoms with van der Waals surface area (Å²) in [6, 6.07) is -0.567. The van der Waals surface area contributed by atoms with Crippen LogP contribution in [0, 0.1) is 5.92 Å². The second-order valence-corrected chi connectivity index (χ2v) is 5.59. The molecule has 1 saturated carbocycles. The number of carbonyl (C=O) groups is 2. The van der Waals surface area contributed by atoms with Crippen molar-refractivity contribution in [2.24, 2.45) is 5.92 Å². The van der Waals surface area contributed by atoms with Crippen LogP contribution in [0.2, 0.25) is 0 Å². The monoisotopic (exact) mass is 285 g/mol. The Kier molecular flexibility index (Phi) is 5.19. The van der Waals surface area contributed by atoms with Gasteiger partial charge in [0.2, 0.25) is 0 Å². The van der Waals surface area contributed by atoms with E-state index in [4.69, 9.17) is 9.84 Å². The molecule has 1 saturated heterocycles. The molecule has 3 atom stereocenters. The molecule has 1 aliphatic carbocycles. The van der Waals surface area contributed by atoms with Crippen LogP contribution in [0.25, 0.3) is 0 Å². The van der Waals surface area contributed by atoms with Crippen LogP contribution in [-0.4, -0.2) is 67.4 Å². The quantitative estimate of drug-likeness (QED) is 0.669. The van der Waals surface area contributed by atoms with Gasteiger partial charge in [0.05, 0.1) is 18.6 Å². The highest BCUT2D eigenvalue weighted by Gasteiger charge is 2.33. The Balaban J connectivity index is 1.71. The Morgan fingerprint density at radius 1 is 1.40 bits per heavy atom. The Morgan fingerprint density at radius 3 is 2.90 bits per heavy atom. The maximum Gasteiger partial charge on any atom is 0.315 e. The molecule has 2 aliphatic rings. The Hall–Kier alpha value is -1.34. The molecular weight excluding hydrogens is 262 g/mol. The van der Waals surface area contributed by atoms with Gasteiger partial charge in [-0.15, -0.1) is 0 Å². The van der Waals surface area contributed by atoms with Gasteiger partial charge in [-0.05, 0) is 19.9 Å². The van der Waals surface area contributed by atoms with Gasteiger partial charge in [-0.1, -0.05) is 6.42 Å². The summed E-state index contributed by atoms with van der Waals surface area (Å²) >= 11 is 0. The molecule has 3 N–H and O–H groups in total. The van der Waals surface area contributed by atoms with Crippen molar-refractivity contribution in [1.82, 2.24) is 15.5 Å². The predicted octanol–water partition coefficient (Wildman–Crippen LogP) is -0.130. The van der Waals surface area contributed by atoms with Crippen LogP contribution in [0.5, 0.6) is 0 Å². The molecule has 3 unspecified atom stereocenters. The number of ether oxygens (including phenoxy) is 1. The molecule has 1 aliphatic heterocycles. The molecule has 0 aromatic rings. The van der Waals surface area contributed by atoms with Crippen LogP contribution in [-0.2, 0) is 9.53 Å². The van der Waals surface area contributed by atoms with E-state index in [1.54, 1.807) is 0 Å². The zero-order valence-electron chi connectivity index (χ0n) is 11.8. The number of aliphatic carboxylic acids is 1. The van der Waals surface area contributed by atoms with Crippen LogP contribution >= 0.6 is 0 Å². The topological polar surface area (TPSA) is 90.9 Å². The molecule has 20 heavy (non-hydrogen) atoms. The number of urea groups is 1.